The predicted octanol–water partition coefficient (Wildman–Crippen LogP) is 2.64. The number of hydrogen-bond donors (Lipinski definition) is 0. The van der Waals surface area contributed by atoms with E-state index in [1.807, 2.05) is 6.07 Å². The molecule has 2 aliphatic rings. The first-order valence-corrected chi connectivity index (χ1v) is 7.45. The number of ketones is 2. The van der Waals surface area contributed by atoms with Crippen LogP contribution in [0, 0.1) is 5.41 Å². The van der Waals surface area contributed by atoms with Gasteiger partial charge >= 0.3 is 5.97 Å². The van der Waals surface area contributed by atoms with E-state index in [0.29, 0.717) is 29.5 Å². The van der Waals surface area contributed by atoms with Crippen LogP contribution in [-0.2, 0) is 17.6 Å². The zero-order valence-electron chi connectivity index (χ0n) is 12.6. The summed E-state index contributed by atoms with van der Waals surface area (Å²) < 4.78 is 4.73. The van der Waals surface area contributed by atoms with E-state index in [1.54, 1.807) is 36.4 Å². The number of fused-ring (bicyclic) bond motifs is 2. The Balaban J connectivity index is 1.78. The summed E-state index contributed by atoms with van der Waals surface area (Å²) in [7, 11) is 1.33. The molecule has 4 rings (SSSR count). The van der Waals surface area contributed by atoms with Gasteiger partial charge in [0.25, 0.3) is 0 Å². The molecule has 0 atom stereocenters. The van der Waals surface area contributed by atoms with Crippen molar-refractivity contribution < 1.29 is 19.1 Å². The van der Waals surface area contributed by atoms with Crippen LogP contribution in [0.15, 0.2) is 42.5 Å². The zero-order valence-corrected chi connectivity index (χ0v) is 12.6. The highest BCUT2D eigenvalue weighted by Gasteiger charge is 2.55. The Morgan fingerprint density at radius 3 is 2.17 bits per heavy atom. The molecule has 2 aromatic rings. The highest BCUT2D eigenvalue weighted by atomic mass is 16.5. The van der Waals surface area contributed by atoms with Crippen molar-refractivity contribution in [2.24, 2.45) is 5.41 Å². The van der Waals surface area contributed by atoms with Gasteiger partial charge in [0, 0.05) is 11.1 Å². The highest BCUT2D eigenvalue weighted by Crippen LogP contribution is 2.47. The average molecular weight is 306 g/mol. The number of carbonyl (C=O) groups is 3. The van der Waals surface area contributed by atoms with Crippen molar-refractivity contribution in [2.45, 2.75) is 12.8 Å². The van der Waals surface area contributed by atoms with E-state index in [9.17, 15) is 14.4 Å². The largest absolute Gasteiger partial charge is 0.465 e. The Labute approximate surface area is 133 Å². The smallest absolute Gasteiger partial charge is 0.337 e. The lowest BCUT2D eigenvalue weighted by molar-refractivity contribution is 0.0600. The van der Waals surface area contributed by atoms with E-state index in [1.165, 1.54) is 7.11 Å². The van der Waals surface area contributed by atoms with Gasteiger partial charge in [-0.25, -0.2) is 4.79 Å². The summed E-state index contributed by atoms with van der Waals surface area (Å²) in [5, 5.41) is 0. The average Bonchev–Trinajstić information content (AvgIpc) is 3.07. The SMILES string of the molecule is COC(=O)c1ccc2c(c1)CC1(C2)C(=O)c2ccccc2C1=O. The summed E-state index contributed by atoms with van der Waals surface area (Å²) >= 11 is 0. The fraction of sp³-hybridized carbons (Fsp3) is 0.211. The first-order chi connectivity index (χ1) is 11.1. The van der Waals surface area contributed by atoms with E-state index < -0.39 is 11.4 Å². The Bertz CT molecular complexity index is 844. The molecule has 0 aromatic heterocycles. The van der Waals surface area contributed by atoms with Gasteiger partial charge in [-0.2, -0.15) is 0 Å². The highest BCUT2D eigenvalue weighted by molar-refractivity contribution is 6.30. The summed E-state index contributed by atoms with van der Waals surface area (Å²) in [5.41, 5.74) is 2.27. The normalized spacial score (nSPS) is 17.3. The molecule has 0 unspecified atom stereocenters. The molecular weight excluding hydrogens is 292 g/mol. The van der Waals surface area contributed by atoms with E-state index in [-0.39, 0.29) is 11.6 Å². The van der Waals surface area contributed by atoms with E-state index in [4.69, 9.17) is 4.74 Å². The minimum Gasteiger partial charge on any atom is -0.465 e. The molecule has 0 N–H and O–H groups in total. The molecule has 0 heterocycles. The molecule has 0 bridgehead atoms. The summed E-state index contributed by atoms with van der Waals surface area (Å²) in [4.78, 5) is 37.4. The van der Waals surface area contributed by atoms with Gasteiger partial charge in [0.1, 0.15) is 5.41 Å². The van der Waals surface area contributed by atoms with E-state index >= 15 is 0 Å². The second kappa shape index (κ2) is 4.62. The second-order valence-corrected chi connectivity index (χ2v) is 6.11. The van der Waals surface area contributed by atoms with Crippen LogP contribution in [0.1, 0.15) is 42.2 Å². The standard InChI is InChI=1S/C19H14O4/c1-23-18(22)11-6-7-12-9-19(10-13(12)8-11)16(20)14-4-2-3-5-15(14)17(19)21/h2-8H,9-10H2,1H3. The van der Waals surface area contributed by atoms with Crippen molar-refractivity contribution in [2.75, 3.05) is 7.11 Å². The summed E-state index contributed by atoms with van der Waals surface area (Å²) in [6.45, 7) is 0. The van der Waals surface area contributed by atoms with Crippen molar-refractivity contribution >= 4 is 17.5 Å². The van der Waals surface area contributed by atoms with Crippen LogP contribution in [-0.4, -0.2) is 24.6 Å². The quantitative estimate of drug-likeness (QED) is 0.600. The number of ether oxygens (including phenoxy) is 1. The maximum Gasteiger partial charge on any atom is 0.337 e. The lowest BCUT2D eigenvalue weighted by Crippen LogP contribution is -2.34. The van der Waals surface area contributed by atoms with Crippen LogP contribution >= 0.6 is 0 Å². The topological polar surface area (TPSA) is 60.4 Å². The fourth-order valence-electron chi connectivity index (χ4n) is 3.74. The number of methoxy groups -OCH3 is 1. The molecular formula is C19H14O4. The van der Waals surface area contributed by atoms with Gasteiger partial charge in [-0.3, -0.25) is 9.59 Å². The van der Waals surface area contributed by atoms with Crippen LogP contribution in [0.2, 0.25) is 0 Å². The molecule has 23 heavy (non-hydrogen) atoms. The summed E-state index contributed by atoms with van der Waals surface area (Å²) in [6.07, 6.45) is 0.746. The van der Waals surface area contributed by atoms with Gasteiger partial charge in [-0.1, -0.05) is 30.3 Å². The molecule has 0 fully saturated rings. The molecule has 0 aliphatic heterocycles. The lowest BCUT2D eigenvalue weighted by Gasteiger charge is -2.18. The van der Waals surface area contributed by atoms with Crippen LogP contribution in [0.3, 0.4) is 0 Å². The van der Waals surface area contributed by atoms with Gasteiger partial charge in [0.05, 0.1) is 12.7 Å². The van der Waals surface area contributed by atoms with Crippen molar-refractivity contribution in [3.05, 3.63) is 70.3 Å². The van der Waals surface area contributed by atoms with Crippen LogP contribution in [0.4, 0.5) is 0 Å². The van der Waals surface area contributed by atoms with Gasteiger partial charge in [-0.05, 0) is 36.1 Å². The molecule has 4 nitrogen and oxygen atoms in total. The Kier molecular flexibility index (Phi) is 2.79. The lowest BCUT2D eigenvalue weighted by atomic mass is 9.80. The van der Waals surface area contributed by atoms with Gasteiger partial charge in [-0.15, -0.1) is 0 Å². The first-order valence-electron chi connectivity index (χ1n) is 7.45. The third-order valence-corrected chi connectivity index (χ3v) is 4.90. The zero-order chi connectivity index (χ0) is 16.2. The Morgan fingerprint density at radius 2 is 1.57 bits per heavy atom. The summed E-state index contributed by atoms with van der Waals surface area (Å²) in [5.74, 6) is -0.621. The van der Waals surface area contributed by atoms with Gasteiger partial charge in [0.15, 0.2) is 11.6 Å². The monoisotopic (exact) mass is 306 g/mol. The number of hydrogen-bond acceptors (Lipinski definition) is 4. The van der Waals surface area contributed by atoms with Crippen molar-refractivity contribution in [3.8, 4) is 0 Å². The number of carbonyl (C=O) groups excluding carboxylic acids is 3. The number of benzene rings is 2. The number of Topliss-reactive ketones (excluding diaryl/α,β-unsaturated/α-hetero) is 2. The Hall–Kier alpha value is -2.75. The second-order valence-electron chi connectivity index (χ2n) is 6.11. The molecule has 0 radical (unpaired) electrons. The summed E-state index contributed by atoms with van der Waals surface area (Å²) in [6, 6.07) is 12.2. The van der Waals surface area contributed by atoms with Crippen molar-refractivity contribution in [1.29, 1.82) is 0 Å². The van der Waals surface area contributed by atoms with Crippen LogP contribution in [0.5, 0.6) is 0 Å². The van der Waals surface area contributed by atoms with E-state index in [2.05, 4.69) is 0 Å². The molecule has 2 aliphatic carbocycles. The third kappa shape index (κ3) is 1.75. The Morgan fingerprint density at radius 1 is 0.957 bits per heavy atom. The molecule has 114 valence electrons. The van der Waals surface area contributed by atoms with Crippen LogP contribution < -0.4 is 0 Å². The molecule has 0 amide bonds. The van der Waals surface area contributed by atoms with Crippen LogP contribution in [0.25, 0.3) is 0 Å². The van der Waals surface area contributed by atoms with Gasteiger partial charge in [0.2, 0.25) is 0 Å². The minimum atomic E-state index is -1.03. The van der Waals surface area contributed by atoms with Gasteiger partial charge < -0.3 is 4.74 Å². The third-order valence-electron chi connectivity index (χ3n) is 4.90. The number of rotatable bonds is 1. The predicted molar refractivity (Wildman–Crippen MR) is 82.7 cm³/mol. The molecule has 0 saturated heterocycles. The maximum atomic E-state index is 12.9. The minimum absolute atomic E-state index is 0.103. The molecule has 0 saturated carbocycles. The fourth-order valence-corrected chi connectivity index (χ4v) is 3.74. The first kappa shape index (κ1) is 13.9. The molecule has 2 aromatic carbocycles. The van der Waals surface area contributed by atoms with Crippen molar-refractivity contribution in [3.63, 3.8) is 0 Å². The maximum absolute atomic E-state index is 12.9. The molecule has 4 heteroatoms. The number of esters is 1. The van der Waals surface area contributed by atoms with Crippen molar-refractivity contribution in [1.82, 2.24) is 0 Å². The molecule has 1 spiro atoms. The van der Waals surface area contributed by atoms with E-state index in [0.717, 1.165) is 11.1 Å².